The lowest BCUT2D eigenvalue weighted by molar-refractivity contribution is 0.194. The van der Waals surface area contributed by atoms with Crippen LogP contribution in [0.3, 0.4) is 0 Å². The standard InChI is InChI=1S/C16H20O2S/c1-10(17)12-8-11(14-6-5-7-19-14)9-13(15(12)18)16(2,3)4/h5-10,17-18H,1-4H3. The summed E-state index contributed by atoms with van der Waals surface area (Å²) in [5.74, 6) is 0.211. The normalized spacial score (nSPS) is 13.5. The van der Waals surface area contributed by atoms with Gasteiger partial charge in [-0.05, 0) is 41.5 Å². The summed E-state index contributed by atoms with van der Waals surface area (Å²) >= 11 is 1.66. The number of aliphatic hydroxyl groups excluding tert-OH is 1. The van der Waals surface area contributed by atoms with E-state index in [0.717, 1.165) is 16.0 Å². The van der Waals surface area contributed by atoms with Crippen molar-refractivity contribution in [2.75, 3.05) is 0 Å². The lowest BCUT2D eigenvalue weighted by Crippen LogP contribution is -2.13. The van der Waals surface area contributed by atoms with Crippen molar-refractivity contribution >= 4 is 11.3 Å². The van der Waals surface area contributed by atoms with Crippen LogP contribution in [0.5, 0.6) is 5.75 Å². The van der Waals surface area contributed by atoms with Crippen LogP contribution in [0, 0.1) is 0 Å². The minimum Gasteiger partial charge on any atom is -0.507 e. The number of hydrogen-bond donors (Lipinski definition) is 2. The SMILES string of the molecule is CC(O)c1cc(-c2cccs2)cc(C(C)(C)C)c1O. The van der Waals surface area contributed by atoms with Crippen molar-refractivity contribution in [2.45, 2.75) is 39.2 Å². The van der Waals surface area contributed by atoms with Crippen LogP contribution < -0.4 is 0 Å². The molecule has 102 valence electrons. The summed E-state index contributed by atoms with van der Waals surface area (Å²) in [7, 11) is 0. The third-order valence-corrected chi connectivity index (χ3v) is 4.12. The first kappa shape index (κ1) is 14.1. The maximum atomic E-state index is 10.4. The van der Waals surface area contributed by atoms with Crippen molar-refractivity contribution < 1.29 is 10.2 Å². The molecule has 3 heteroatoms. The highest BCUT2D eigenvalue weighted by atomic mass is 32.1. The van der Waals surface area contributed by atoms with Gasteiger partial charge in [0.2, 0.25) is 0 Å². The van der Waals surface area contributed by atoms with E-state index in [9.17, 15) is 10.2 Å². The lowest BCUT2D eigenvalue weighted by Gasteiger charge is -2.24. The number of hydrogen-bond acceptors (Lipinski definition) is 3. The molecule has 0 spiro atoms. The Morgan fingerprint density at radius 1 is 1.21 bits per heavy atom. The predicted molar refractivity (Wildman–Crippen MR) is 80.8 cm³/mol. The van der Waals surface area contributed by atoms with Crippen molar-refractivity contribution in [2.24, 2.45) is 0 Å². The minimum atomic E-state index is -0.680. The molecule has 0 radical (unpaired) electrons. The highest BCUT2D eigenvalue weighted by Crippen LogP contribution is 2.40. The van der Waals surface area contributed by atoms with Crippen LogP contribution in [0.4, 0.5) is 0 Å². The Bertz CT molecular complexity index is 563. The molecule has 0 aliphatic rings. The molecule has 0 saturated heterocycles. The van der Waals surface area contributed by atoms with Crippen LogP contribution >= 0.6 is 11.3 Å². The van der Waals surface area contributed by atoms with Crippen LogP contribution in [-0.2, 0) is 5.41 Å². The molecule has 2 rings (SSSR count). The maximum absolute atomic E-state index is 10.4. The highest BCUT2D eigenvalue weighted by molar-refractivity contribution is 7.13. The van der Waals surface area contributed by atoms with Gasteiger partial charge in [0.1, 0.15) is 5.75 Å². The van der Waals surface area contributed by atoms with Crippen molar-refractivity contribution in [3.05, 3.63) is 40.8 Å². The summed E-state index contributed by atoms with van der Waals surface area (Å²) in [6, 6.07) is 7.95. The van der Waals surface area contributed by atoms with Gasteiger partial charge in [0, 0.05) is 16.0 Å². The fraction of sp³-hybridized carbons (Fsp3) is 0.375. The van der Waals surface area contributed by atoms with Gasteiger partial charge < -0.3 is 10.2 Å². The number of phenols is 1. The first-order chi connectivity index (χ1) is 8.80. The Morgan fingerprint density at radius 3 is 2.37 bits per heavy atom. The van der Waals surface area contributed by atoms with Crippen LogP contribution in [-0.4, -0.2) is 10.2 Å². The van der Waals surface area contributed by atoms with Gasteiger partial charge in [0.15, 0.2) is 0 Å². The van der Waals surface area contributed by atoms with Crippen LogP contribution in [0.1, 0.15) is 44.9 Å². The molecular weight excluding hydrogens is 256 g/mol. The second kappa shape index (κ2) is 4.99. The Morgan fingerprint density at radius 2 is 1.89 bits per heavy atom. The third-order valence-electron chi connectivity index (χ3n) is 3.20. The quantitative estimate of drug-likeness (QED) is 0.849. The number of aromatic hydroxyl groups is 1. The van der Waals surface area contributed by atoms with Gasteiger partial charge in [-0.25, -0.2) is 0 Å². The van der Waals surface area contributed by atoms with E-state index >= 15 is 0 Å². The van der Waals surface area contributed by atoms with Crippen LogP contribution in [0.25, 0.3) is 10.4 Å². The van der Waals surface area contributed by atoms with Gasteiger partial charge in [-0.2, -0.15) is 0 Å². The maximum Gasteiger partial charge on any atom is 0.125 e. The summed E-state index contributed by atoms with van der Waals surface area (Å²) in [5, 5.41) is 22.2. The molecule has 0 bridgehead atoms. The average Bonchev–Trinajstić information content (AvgIpc) is 2.80. The molecule has 2 nitrogen and oxygen atoms in total. The summed E-state index contributed by atoms with van der Waals surface area (Å²) in [6.07, 6.45) is -0.680. The number of phenolic OH excluding ortho intramolecular Hbond substituents is 1. The molecule has 2 N–H and O–H groups in total. The van der Waals surface area contributed by atoms with E-state index in [4.69, 9.17) is 0 Å². The van der Waals surface area contributed by atoms with Crippen LogP contribution in [0.2, 0.25) is 0 Å². The van der Waals surface area contributed by atoms with E-state index in [-0.39, 0.29) is 11.2 Å². The van der Waals surface area contributed by atoms with E-state index in [1.54, 1.807) is 18.3 Å². The number of aliphatic hydroxyl groups is 1. The number of thiophene rings is 1. The van der Waals surface area contributed by atoms with Crippen molar-refractivity contribution in [1.29, 1.82) is 0 Å². The molecule has 1 heterocycles. The number of benzene rings is 1. The molecule has 1 aromatic carbocycles. The van der Waals surface area contributed by atoms with E-state index in [1.807, 2.05) is 23.6 Å². The molecule has 0 aliphatic carbocycles. The van der Waals surface area contributed by atoms with Gasteiger partial charge >= 0.3 is 0 Å². The van der Waals surface area contributed by atoms with E-state index < -0.39 is 6.10 Å². The van der Waals surface area contributed by atoms with Gasteiger partial charge in [-0.15, -0.1) is 11.3 Å². The summed E-state index contributed by atoms with van der Waals surface area (Å²) in [6.45, 7) is 7.87. The molecule has 1 aromatic heterocycles. The first-order valence-corrected chi connectivity index (χ1v) is 7.28. The van der Waals surface area contributed by atoms with Gasteiger partial charge in [0.25, 0.3) is 0 Å². The summed E-state index contributed by atoms with van der Waals surface area (Å²) < 4.78 is 0. The lowest BCUT2D eigenvalue weighted by atomic mass is 9.83. The largest absolute Gasteiger partial charge is 0.507 e. The van der Waals surface area contributed by atoms with Crippen molar-refractivity contribution in [3.8, 4) is 16.2 Å². The molecule has 2 aromatic rings. The molecule has 0 fully saturated rings. The highest BCUT2D eigenvalue weighted by Gasteiger charge is 2.23. The zero-order chi connectivity index (χ0) is 14.2. The van der Waals surface area contributed by atoms with Gasteiger partial charge in [0.05, 0.1) is 6.10 Å². The first-order valence-electron chi connectivity index (χ1n) is 6.40. The molecule has 1 atom stereocenters. The Labute approximate surface area is 118 Å². The molecular formula is C16H20O2S. The smallest absolute Gasteiger partial charge is 0.125 e. The number of rotatable bonds is 2. The zero-order valence-corrected chi connectivity index (χ0v) is 12.6. The van der Waals surface area contributed by atoms with Crippen LogP contribution in [0.15, 0.2) is 29.6 Å². The monoisotopic (exact) mass is 276 g/mol. The van der Waals surface area contributed by atoms with Crippen molar-refractivity contribution in [3.63, 3.8) is 0 Å². The Kier molecular flexibility index (Phi) is 3.70. The molecule has 0 saturated carbocycles. The second-order valence-corrected chi connectivity index (χ2v) is 6.81. The molecule has 0 amide bonds. The topological polar surface area (TPSA) is 40.5 Å². The summed E-state index contributed by atoms with van der Waals surface area (Å²) in [4.78, 5) is 1.15. The third kappa shape index (κ3) is 2.82. The molecule has 0 aliphatic heterocycles. The molecule has 19 heavy (non-hydrogen) atoms. The fourth-order valence-corrected chi connectivity index (χ4v) is 2.85. The van der Waals surface area contributed by atoms with Gasteiger partial charge in [-0.1, -0.05) is 26.8 Å². The van der Waals surface area contributed by atoms with E-state index in [0.29, 0.717) is 5.56 Å². The van der Waals surface area contributed by atoms with E-state index in [1.165, 1.54) is 0 Å². The van der Waals surface area contributed by atoms with Gasteiger partial charge in [-0.3, -0.25) is 0 Å². The second-order valence-electron chi connectivity index (χ2n) is 5.86. The summed E-state index contributed by atoms with van der Waals surface area (Å²) in [5.41, 5.74) is 2.35. The zero-order valence-electron chi connectivity index (χ0n) is 11.8. The Hall–Kier alpha value is -1.32. The average molecular weight is 276 g/mol. The molecule has 1 unspecified atom stereocenters. The van der Waals surface area contributed by atoms with Crippen molar-refractivity contribution in [1.82, 2.24) is 0 Å². The van der Waals surface area contributed by atoms with E-state index in [2.05, 4.69) is 26.8 Å². The Balaban J connectivity index is 2.68. The predicted octanol–water partition coefficient (Wildman–Crippen LogP) is 4.47. The minimum absolute atomic E-state index is 0.166. The fourth-order valence-electron chi connectivity index (χ4n) is 2.13.